The van der Waals surface area contributed by atoms with E-state index in [1.165, 1.54) is 7.11 Å². The average molecular weight is 343 g/mol. The number of hydrogen-bond acceptors (Lipinski definition) is 3. The van der Waals surface area contributed by atoms with Gasteiger partial charge in [-0.15, -0.1) is 0 Å². The second-order valence-corrected chi connectivity index (χ2v) is 6.52. The maximum atomic E-state index is 12.7. The summed E-state index contributed by atoms with van der Waals surface area (Å²) in [5.74, 6) is -0.445. The third-order valence-corrected chi connectivity index (χ3v) is 4.79. The molecule has 2 atom stereocenters. The normalized spacial score (nSPS) is 14.0. The Hall–Kier alpha value is -2.24. The van der Waals surface area contributed by atoms with E-state index in [2.05, 4.69) is 4.72 Å². The number of aryl methyl sites for hydroxylation is 1. The van der Waals surface area contributed by atoms with E-state index >= 15 is 0 Å². The van der Waals surface area contributed by atoms with Crippen LogP contribution in [-0.2, 0) is 20.5 Å². The fraction of sp³-hybridized carbons (Fsp3) is 0.211. The topological polar surface area (TPSA) is 55.4 Å². The zero-order chi connectivity index (χ0) is 17.5. The second-order valence-electron chi connectivity index (χ2n) is 5.28. The molecule has 2 aromatic carbocycles. The Morgan fingerprint density at radius 2 is 1.75 bits per heavy atom. The number of esters is 1. The van der Waals surface area contributed by atoms with Gasteiger partial charge in [-0.1, -0.05) is 54.1 Å². The highest BCUT2D eigenvalue weighted by Gasteiger charge is 2.24. The first-order chi connectivity index (χ1) is 11.6. The van der Waals surface area contributed by atoms with Crippen molar-refractivity contribution in [2.75, 3.05) is 7.11 Å². The first kappa shape index (κ1) is 18.1. The van der Waals surface area contributed by atoms with E-state index in [4.69, 9.17) is 4.74 Å². The van der Waals surface area contributed by atoms with Gasteiger partial charge in [-0.3, -0.25) is 0 Å². The van der Waals surface area contributed by atoms with Crippen LogP contribution in [0.1, 0.15) is 24.1 Å². The Kier molecular flexibility index (Phi) is 6.46. The molecule has 0 fully saturated rings. The molecular weight excluding hydrogens is 322 g/mol. The number of methoxy groups -OCH3 is 1. The molecule has 0 aromatic heterocycles. The van der Waals surface area contributed by atoms with Gasteiger partial charge in [0.25, 0.3) is 0 Å². The highest BCUT2D eigenvalue weighted by molar-refractivity contribution is 7.83. The monoisotopic (exact) mass is 343 g/mol. The number of carbonyl (C=O) groups is 1. The third kappa shape index (κ3) is 4.40. The number of hydrogen-bond donors (Lipinski definition) is 1. The van der Waals surface area contributed by atoms with E-state index in [1.807, 2.05) is 61.5 Å². The summed E-state index contributed by atoms with van der Waals surface area (Å²) in [6.45, 7) is 3.74. The predicted molar refractivity (Wildman–Crippen MR) is 95.7 cm³/mol. The summed E-state index contributed by atoms with van der Waals surface area (Å²) in [6, 6.07) is 16.3. The van der Waals surface area contributed by atoms with Crippen LogP contribution in [0.25, 0.3) is 0 Å². The Morgan fingerprint density at radius 3 is 2.29 bits per heavy atom. The maximum absolute atomic E-state index is 12.7. The van der Waals surface area contributed by atoms with Gasteiger partial charge < -0.3 is 4.74 Å². The number of nitrogens with one attached hydrogen (secondary N) is 1. The number of ether oxygens (including phenoxy) is 1. The van der Waals surface area contributed by atoms with Crippen molar-refractivity contribution in [1.29, 1.82) is 0 Å². The summed E-state index contributed by atoms with van der Waals surface area (Å²) < 4.78 is 20.6. The maximum Gasteiger partial charge on any atom is 0.335 e. The van der Waals surface area contributed by atoms with Gasteiger partial charge in [-0.2, -0.15) is 0 Å². The largest absolute Gasteiger partial charge is 0.466 e. The van der Waals surface area contributed by atoms with Crippen LogP contribution in [0, 0.1) is 6.92 Å². The van der Waals surface area contributed by atoms with Crippen LogP contribution in [0.15, 0.2) is 71.1 Å². The van der Waals surface area contributed by atoms with Crippen LogP contribution >= 0.6 is 0 Å². The Labute approximate surface area is 145 Å². The molecule has 5 heteroatoms. The fourth-order valence-corrected chi connectivity index (χ4v) is 3.31. The minimum absolute atomic E-state index is 0.421. The van der Waals surface area contributed by atoms with E-state index in [9.17, 15) is 9.00 Å². The first-order valence-electron chi connectivity index (χ1n) is 7.61. The molecule has 0 heterocycles. The van der Waals surface area contributed by atoms with Crippen LogP contribution in [-0.4, -0.2) is 17.3 Å². The minimum atomic E-state index is -1.46. The van der Waals surface area contributed by atoms with Gasteiger partial charge in [0.2, 0.25) is 0 Å². The Bertz CT molecular complexity index is 739. The average Bonchev–Trinajstić information content (AvgIpc) is 2.62. The van der Waals surface area contributed by atoms with Crippen LogP contribution in [0.5, 0.6) is 0 Å². The molecule has 2 aromatic rings. The van der Waals surface area contributed by atoms with Crippen molar-refractivity contribution in [2.45, 2.75) is 24.8 Å². The molecule has 126 valence electrons. The van der Waals surface area contributed by atoms with Crippen LogP contribution < -0.4 is 4.72 Å². The van der Waals surface area contributed by atoms with Crippen molar-refractivity contribution in [3.05, 3.63) is 77.4 Å². The molecule has 0 spiro atoms. The van der Waals surface area contributed by atoms with Crippen molar-refractivity contribution in [1.82, 2.24) is 4.72 Å². The lowest BCUT2D eigenvalue weighted by Crippen LogP contribution is -2.28. The molecule has 2 rings (SSSR count). The molecule has 0 aliphatic rings. The van der Waals surface area contributed by atoms with Crippen LogP contribution in [0.4, 0.5) is 0 Å². The number of allylic oxidation sites excluding steroid dienone is 1. The van der Waals surface area contributed by atoms with E-state index in [0.717, 1.165) is 11.1 Å². The Balaban J connectivity index is 2.34. The van der Waals surface area contributed by atoms with Crippen molar-refractivity contribution in [3.8, 4) is 0 Å². The fourth-order valence-electron chi connectivity index (χ4n) is 2.31. The van der Waals surface area contributed by atoms with Gasteiger partial charge in [-0.25, -0.2) is 13.7 Å². The van der Waals surface area contributed by atoms with Gasteiger partial charge in [0, 0.05) is 0 Å². The van der Waals surface area contributed by atoms with Crippen molar-refractivity contribution >= 4 is 17.0 Å². The molecule has 0 aliphatic carbocycles. The number of benzene rings is 2. The van der Waals surface area contributed by atoms with Gasteiger partial charge in [0.05, 0.1) is 23.6 Å². The molecule has 1 N–H and O–H groups in total. The number of carbonyl (C=O) groups excluding carboxylic acids is 1. The molecule has 0 aliphatic heterocycles. The van der Waals surface area contributed by atoms with Crippen molar-refractivity contribution in [3.63, 3.8) is 0 Å². The molecule has 0 saturated carbocycles. The van der Waals surface area contributed by atoms with E-state index in [0.29, 0.717) is 10.5 Å². The highest BCUT2D eigenvalue weighted by Crippen LogP contribution is 2.24. The van der Waals surface area contributed by atoms with Crippen molar-refractivity contribution < 1.29 is 13.7 Å². The first-order valence-corrected chi connectivity index (χ1v) is 8.76. The second kappa shape index (κ2) is 8.57. The lowest BCUT2D eigenvalue weighted by molar-refractivity contribution is -0.136. The quantitative estimate of drug-likeness (QED) is 0.645. The Morgan fingerprint density at radius 1 is 1.12 bits per heavy atom. The summed E-state index contributed by atoms with van der Waals surface area (Å²) in [5.41, 5.74) is 2.36. The van der Waals surface area contributed by atoms with Crippen LogP contribution in [0.2, 0.25) is 0 Å². The molecular formula is C19H21NO3S. The smallest absolute Gasteiger partial charge is 0.335 e. The summed E-state index contributed by atoms with van der Waals surface area (Å²) in [4.78, 5) is 12.7. The number of rotatable bonds is 6. The summed E-state index contributed by atoms with van der Waals surface area (Å²) in [6.07, 6.45) is 1.68. The molecule has 4 nitrogen and oxygen atoms in total. The molecule has 0 bridgehead atoms. The molecule has 1 unspecified atom stereocenters. The predicted octanol–water partition coefficient (Wildman–Crippen LogP) is 3.47. The standard InChI is InChI=1S/C19H21NO3S/c1-4-17(19(21)23-3)18(15-8-6-5-7-9-15)20-24(22)16-12-10-14(2)11-13-16/h4-13,18,20H,1-3H3/b17-4-/t18-,24?/m0/s1. The van der Waals surface area contributed by atoms with E-state index in [1.54, 1.807) is 13.0 Å². The minimum Gasteiger partial charge on any atom is -0.466 e. The molecule has 0 amide bonds. The van der Waals surface area contributed by atoms with E-state index < -0.39 is 23.0 Å². The summed E-state index contributed by atoms with van der Waals surface area (Å²) >= 11 is 0. The van der Waals surface area contributed by atoms with Gasteiger partial charge >= 0.3 is 5.97 Å². The third-order valence-electron chi connectivity index (χ3n) is 3.64. The summed E-state index contributed by atoms with van der Waals surface area (Å²) in [7, 11) is -0.123. The molecule has 24 heavy (non-hydrogen) atoms. The SMILES string of the molecule is C/C=C(\C(=O)OC)[C@@H](NS(=O)c1ccc(C)cc1)c1ccccc1. The van der Waals surface area contributed by atoms with Gasteiger partial charge in [0.15, 0.2) is 0 Å². The highest BCUT2D eigenvalue weighted by atomic mass is 32.2. The molecule has 0 saturated heterocycles. The zero-order valence-electron chi connectivity index (χ0n) is 14.0. The van der Waals surface area contributed by atoms with Crippen LogP contribution in [0.3, 0.4) is 0 Å². The summed E-state index contributed by atoms with van der Waals surface area (Å²) in [5, 5.41) is 0. The molecule has 0 radical (unpaired) electrons. The zero-order valence-corrected chi connectivity index (χ0v) is 14.8. The van der Waals surface area contributed by atoms with Gasteiger partial charge in [0.1, 0.15) is 11.0 Å². The van der Waals surface area contributed by atoms with E-state index in [-0.39, 0.29) is 0 Å². The van der Waals surface area contributed by atoms with Gasteiger partial charge in [-0.05, 0) is 31.5 Å². The lowest BCUT2D eigenvalue weighted by atomic mass is 9.99. The van der Waals surface area contributed by atoms with Crippen molar-refractivity contribution in [2.24, 2.45) is 0 Å². The lowest BCUT2D eigenvalue weighted by Gasteiger charge is -2.20.